The summed E-state index contributed by atoms with van der Waals surface area (Å²) in [6.07, 6.45) is -0.0590. The fourth-order valence-electron chi connectivity index (χ4n) is 2.57. The van der Waals surface area contributed by atoms with Crippen molar-refractivity contribution in [3.05, 3.63) is 46.5 Å². The summed E-state index contributed by atoms with van der Waals surface area (Å²) in [4.78, 5) is 24.6. The van der Waals surface area contributed by atoms with E-state index in [0.29, 0.717) is 33.6 Å². The van der Waals surface area contributed by atoms with Crippen molar-refractivity contribution in [2.24, 2.45) is 0 Å². The lowest BCUT2D eigenvalue weighted by atomic mass is 10.1. The molecule has 0 aliphatic heterocycles. The van der Waals surface area contributed by atoms with Gasteiger partial charge in [-0.05, 0) is 24.3 Å². The highest BCUT2D eigenvalue weighted by atomic mass is 35.5. The summed E-state index contributed by atoms with van der Waals surface area (Å²) in [5.41, 5.74) is 5.44. The fourth-order valence-corrected chi connectivity index (χ4v) is 2.74. The molecule has 2 aromatic rings. The number of halogens is 1. The molecule has 0 unspecified atom stereocenters. The molecule has 2 aromatic carbocycles. The van der Waals surface area contributed by atoms with Gasteiger partial charge in [-0.1, -0.05) is 17.7 Å². The smallest absolute Gasteiger partial charge is 0.273 e. The monoisotopic (exact) mass is 408 g/mol. The quantitative estimate of drug-likeness (QED) is 0.683. The van der Waals surface area contributed by atoms with Crippen LogP contribution in [0.4, 0.5) is 0 Å². The maximum atomic E-state index is 12.3. The minimum absolute atomic E-state index is 0.0590. The number of nitrogens with one attached hydrogen (secondary N) is 2. The predicted octanol–water partition coefficient (Wildman–Crippen LogP) is 2.38. The summed E-state index contributed by atoms with van der Waals surface area (Å²) < 4.78 is 21.0. The minimum atomic E-state index is -0.563. The number of ether oxygens (including phenoxy) is 4. The molecule has 0 aliphatic carbocycles. The number of benzene rings is 2. The molecule has 150 valence electrons. The number of carbonyl (C=O) groups excluding carboxylic acids is 2. The van der Waals surface area contributed by atoms with Crippen molar-refractivity contribution in [2.75, 3.05) is 28.4 Å². The molecule has 0 saturated carbocycles. The minimum Gasteiger partial charge on any atom is -0.496 e. The van der Waals surface area contributed by atoms with Crippen molar-refractivity contribution in [3.63, 3.8) is 0 Å². The van der Waals surface area contributed by atoms with Crippen LogP contribution in [0.25, 0.3) is 0 Å². The van der Waals surface area contributed by atoms with Crippen LogP contribution in [0, 0.1) is 0 Å². The topological polar surface area (TPSA) is 95.1 Å². The Bertz CT molecular complexity index is 872. The van der Waals surface area contributed by atoms with Crippen molar-refractivity contribution < 1.29 is 28.5 Å². The molecule has 0 fully saturated rings. The van der Waals surface area contributed by atoms with E-state index in [2.05, 4.69) is 10.9 Å². The van der Waals surface area contributed by atoms with Crippen molar-refractivity contribution in [1.29, 1.82) is 0 Å². The summed E-state index contributed by atoms with van der Waals surface area (Å²) in [6.45, 7) is 0. The molecule has 0 aromatic heterocycles. The second kappa shape index (κ2) is 9.70. The first-order valence-corrected chi connectivity index (χ1v) is 8.53. The molecule has 2 amide bonds. The Hall–Kier alpha value is -3.13. The number of rotatable bonds is 7. The average Bonchev–Trinajstić information content (AvgIpc) is 2.71. The second-order valence-electron chi connectivity index (χ2n) is 5.52. The summed E-state index contributed by atoms with van der Waals surface area (Å²) in [5.74, 6) is 0.539. The molecule has 0 saturated heterocycles. The largest absolute Gasteiger partial charge is 0.496 e. The third kappa shape index (κ3) is 4.77. The van der Waals surface area contributed by atoms with Crippen molar-refractivity contribution in [2.45, 2.75) is 6.42 Å². The highest BCUT2D eigenvalue weighted by Gasteiger charge is 2.19. The van der Waals surface area contributed by atoms with E-state index >= 15 is 0 Å². The molecule has 0 heterocycles. The molecular weight excluding hydrogens is 388 g/mol. The van der Waals surface area contributed by atoms with Gasteiger partial charge in [0.05, 0.1) is 40.4 Å². The molecule has 28 heavy (non-hydrogen) atoms. The van der Waals surface area contributed by atoms with E-state index in [0.717, 1.165) is 0 Å². The molecule has 0 bridgehead atoms. The van der Waals surface area contributed by atoms with Gasteiger partial charge in [-0.3, -0.25) is 20.4 Å². The number of methoxy groups -OCH3 is 4. The van der Waals surface area contributed by atoms with Crippen LogP contribution in [0.5, 0.6) is 23.0 Å². The molecule has 2 N–H and O–H groups in total. The van der Waals surface area contributed by atoms with Gasteiger partial charge in [0.1, 0.15) is 5.75 Å². The van der Waals surface area contributed by atoms with Gasteiger partial charge in [0, 0.05) is 10.6 Å². The Morgan fingerprint density at radius 2 is 1.50 bits per heavy atom. The third-order valence-electron chi connectivity index (χ3n) is 3.86. The first kappa shape index (κ1) is 21.2. The van der Waals surface area contributed by atoms with Gasteiger partial charge in [0.15, 0.2) is 11.5 Å². The second-order valence-corrected chi connectivity index (χ2v) is 5.95. The molecule has 2 rings (SSSR count). The molecule has 0 aliphatic rings. The van der Waals surface area contributed by atoms with E-state index in [9.17, 15) is 9.59 Å². The highest BCUT2D eigenvalue weighted by molar-refractivity contribution is 6.31. The van der Waals surface area contributed by atoms with Crippen molar-refractivity contribution >= 4 is 23.4 Å². The van der Waals surface area contributed by atoms with Crippen LogP contribution in [0.2, 0.25) is 5.02 Å². The highest BCUT2D eigenvalue weighted by Crippen LogP contribution is 2.39. The van der Waals surface area contributed by atoms with Crippen molar-refractivity contribution in [1.82, 2.24) is 10.9 Å². The van der Waals surface area contributed by atoms with E-state index in [1.54, 1.807) is 24.3 Å². The average molecular weight is 409 g/mol. The Morgan fingerprint density at radius 3 is 2.11 bits per heavy atom. The van der Waals surface area contributed by atoms with Crippen LogP contribution in [0.3, 0.4) is 0 Å². The lowest BCUT2D eigenvalue weighted by Gasteiger charge is -2.16. The molecule has 0 radical (unpaired) electrons. The Balaban J connectivity index is 2.09. The van der Waals surface area contributed by atoms with Gasteiger partial charge in [0.2, 0.25) is 11.7 Å². The number of carbonyl (C=O) groups is 2. The van der Waals surface area contributed by atoms with Crippen LogP contribution in [-0.4, -0.2) is 40.3 Å². The lowest BCUT2D eigenvalue weighted by molar-refractivity contribution is -0.121. The first-order chi connectivity index (χ1) is 13.4. The van der Waals surface area contributed by atoms with Crippen LogP contribution in [0.1, 0.15) is 15.9 Å². The van der Waals surface area contributed by atoms with Gasteiger partial charge in [-0.2, -0.15) is 0 Å². The van der Waals surface area contributed by atoms with Gasteiger partial charge in [0.25, 0.3) is 5.91 Å². The SMILES string of the molecule is COc1ccc(Cl)cc1C(=O)NNC(=O)Cc1ccc(OC)c(OC)c1OC. The number of hydrazine groups is 1. The van der Waals surface area contributed by atoms with Crippen LogP contribution in [-0.2, 0) is 11.2 Å². The first-order valence-electron chi connectivity index (χ1n) is 8.15. The van der Waals surface area contributed by atoms with Gasteiger partial charge in [-0.25, -0.2) is 0 Å². The van der Waals surface area contributed by atoms with Crippen LogP contribution < -0.4 is 29.8 Å². The van der Waals surface area contributed by atoms with E-state index in [4.69, 9.17) is 30.5 Å². The molecule has 0 spiro atoms. The number of amides is 2. The van der Waals surface area contributed by atoms with E-state index in [-0.39, 0.29) is 12.0 Å². The normalized spacial score (nSPS) is 10.0. The number of hydrogen-bond acceptors (Lipinski definition) is 6. The zero-order valence-corrected chi connectivity index (χ0v) is 16.7. The van der Waals surface area contributed by atoms with Crippen LogP contribution >= 0.6 is 11.6 Å². The van der Waals surface area contributed by atoms with Gasteiger partial charge in [-0.15, -0.1) is 0 Å². The molecular formula is C19H21ClN2O6. The van der Waals surface area contributed by atoms with Gasteiger partial charge >= 0.3 is 0 Å². The lowest BCUT2D eigenvalue weighted by Crippen LogP contribution is -2.42. The number of hydrogen-bond donors (Lipinski definition) is 2. The third-order valence-corrected chi connectivity index (χ3v) is 4.09. The maximum absolute atomic E-state index is 12.3. The summed E-state index contributed by atoms with van der Waals surface area (Å²) in [7, 11) is 5.87. The fraction of sp³-hybridized carbons (Fsp3) is 0.263. The zero-order chi connectivity index (χ0) is 20.7. The maximum Gasteiger partial charge on any atom is 0.273 e. The van der Waals surface area contributed by atoms with Gasteiger partial charge < -0.3 is 18.9 Å². The molecule has 0 atom stereocenters. The Morgan fingerprint density at radius 1 is 0.857 bits per heavy atom. The van der Waals surface area contributed by atoms with Crippen LogP contribution in [0.15, 0.2) is 30.3 Å². The standard InChI is InChI=1S/C19H21ClN2O6/c1-25-14-8-6-12(20)10-13(14)19(24)22-21-16(23)9-11-5-7-15(26-2)18(28-4)17(11)27-3/h5-8,10H,9H2,1-4H3,(H,21,23)(H,22,24). The van der Waals surface area contributed by atoms with Crippen molar-refractivity contribution in [3.8, 4) is 23.0 Å². The summed E-state index contributed by atoms with van der Waals surface area (Å²) >= 11 is 5.92. The predicted molar refractivity (Wildman–Crippen MR) is 103 cm³/mol. The Kier molecular flexibility index (Phi) is 7.34. The van der Waals surface area contributed by atoms with E-state index in [1.165, 1.54) is 34.5 Å². The summed E-state index contributed by atoms with van der Waals surface area (Å²) in [6, 6.07) is 7.95. The van der Waals surface area contributed by atoms with E-state index < -0.39 is 11.8 Å². The Labute approximate surface area is 167 Å². The zero-order valence-electron chi connectivity index (χ0n) is 15.9. The molecule has 8 nitrogen and oxygen atoms in total. The van der Waals surface area contributed by atoms with E-state index in [1.807, 2.05) is 0 Å². The molecule has 9 heteroatoms. The summed E-state index contributed by atoms with van der Waals surface area (Å²) in [5, 5.41) is 0.368.